The maximum atomic E-state index is 12.1. The molecule has 0 spiro atoms. The standard InChI is InChI=1S/C17H28N2O4S/c1-12(2)19-24(21,22)14-7-8-15(13(3)9-14)23-10-16(20)18-11-17(4,5)6/h7-9,12,19H,10-11H2,1-6H3,(H,18,20). The van der Waals surface area contributed by atoms with Gasteiger partial charge in [-0.3, -0.25) is 4.79 Å². The Morgan fingerprint density at radius 3 is 2.38 bits per heavy atom. The van der Waals surface area contributed by atoms with Gasteiger partial charge in [-0.15, -0.1) is 0 Å². The lowest BCUT2D eigenvalue weighted by Crippen LogP contribution is -2.35. The number of hydrogen-bond acceptors (Lipinski definition) is 4. The third-order valence-electron chi connectivity index (χ3n) is 3.02. The highest BCUT2D eigenvalue weighted by atomic mass is 32.2. The van der Waals surface area contributed by atoms with Crippen LogP contribution in [0.15, 0.2) is 23.1 Å². The Morgan fingerprint density at radius 1 is 1.25 bits per heavy atom. The lowest BCUT2D eigenvalue weighted by Gasteiger charge is -2.19. The zero-order valence-electron chi connectivity index (χ0n) is 15.3. The quantitative estimate of drug-likeness (QED) is 0.784. The minimum absolute atomic E-state index is 0.00496. The highest BCUT2D eigenvalue weighted by Crippen LogP contribution is 2.22. The molecule has 0 atom stereocenters. The molecule has 0 bridgehead atoms. The third kappa shape index (κ3) is 6.88. The van der Waals surface area contributed by atoms with Crippen LogP contribution in [0.25, 0.3) is 0 Å². The smallest absolute Gasteiger partial charge is 0.257 e. The van der Waals surface area contributed by atoms with E-state index >= 15 is 0 Å². The number of aryl methyl sites for hydroxylation is 1. The molecule has 0 saturated heterocycles. The Balaban J connectivity index is 2.71. The first-order valence-electron chi connectivity index (χ1n) is 7.93. The van der Waals surface area contributed by atoms with E-state index in [1.54, 1.807) is 26.8 Å². The first-order valence-corrected chi connectivity index (χ1v) is 9.41. The van der Waals surface area contributed by atoms with Crippen molar-refractivity contribution >= 4 is 15.9 Å². The van der Waals surface area contributed by atoms with E-state index in [1.807, 2.05) is 20.8 Å². The number of carbonyl (C=O) groups excluding carboxylic acids is 1. The van der Waals surface area contributed by atoms with Gasteiger partial charge in [0.2, 0.25) is 10.0 Å². The van der Waals surface area contributed by atoms with Crippen LogP contribution in [0.5, 0.6) is 5.75 Å². The molecule has 0 aliphatic carbocycles. The van der Waals surface area contributed by atoms with Gasteiger partial charge in [-0.05, 0) is 49.9 Å². The van der Waals surface area contributed by atoms with Gasteiger partial charge in [0.1, 0.15) is 5.75 Å². The predicted octanol–water partition coefficient (Wildman–Crippen LogP) is 2.22. The number of benzene rings is 1. The molecule has 7 heteroatoms. The van der Waals surface area contributed by atoms with Gasteiger partial charge in [0.05, 0.1) is 4.90 Å². The number of hydrogen-bond donors (Lipinski definition) is 2. The summed E-state index contributed by atoms with van der Waals surface area (Å²) >= 11 is 0. The molecule has 0 heterocycles. The maximum absolute atomic E-state index is 12.1. The second kappa shape index (κ2) is 7.98. The molecule has 0 radical (unpaired) electrons. The lowest BCUT2D eigenvalue weighted by atomic mass is 9.97. The zero-order chi connectivity index (χ0) is 18.5. The Labute approximate surface area is 145 Å². The molecule has 136 valence electrons. The molecule has 0 aliphatic rings. The van der Waals surface area contributed by atoms with Crippen molar-refractivity contribution in [2.75, 3.05) is 13.2 Å². The molecule has 1 aromatic carbocycles. The number of amides is 1. The van der Waals surface area contributed by atoms with Crippen LogP contribution in [0.4, 0.5) is 0 Å². The molecule has 1 amide bonds. The van der Waals surface area contributed by atoms with E-state index in [-0.39, 0.29) is 28.9 Å². The summed E-state index contributed by atoms with van der Waals surface area (Å²) in [6.45, 7) is 11.8. The van der Waals surface area contributed by atoms with Gasteiger partial charge in [-0.1, -0.05) is 20.8 Å². The number of sulfonamides is 1. The van der Waals surface area contributed by atoms with Crippen LogP contribution < -0.4 is 14.8 Å². The number of carbonyl (C=O) groups is 1. The van der Waals surface area contributed by atoms with Crippen LogP contribution in [0.3, 0.4) is 0 Å². The molecule has 1 aromatic rings. The number of nitrogens with one attached hydrogen (secondary N) is 2. The fourth-order valence-electron chi connectivity index (χ4n) is 1.89. The van der Waals surface area contributed by atoms with Crippen LogP contribution in [-0.4, -0.2) is 33.5 Å². The fraction of sp³-hybridized carbons (Fsp3) is 0.588. The average molecular weight is 356 g/mol. The van der Waals surface area contributed by atoms with Crippen molar-refractivity contribution in [1.29, 1.82) is 0 Å². The summed E-state index contributed by atoms with van der Waals surface area (Å²) in [6, 6.07) is 4.40. The van der Waals surface area contributed by atoms with E-state index in [4.69, 9.17) is 4.74 Å². The van der Waals surface area contributed by atoms with Crippen LogP contribution in [0, 0.1) is 12.3 Å². The summed E-state index contributed by atoms with van der Waals surface area (Å²) in [4.78, 5) is 12.0. The summed E-state index contributed by atoms with van der Waals surface area (Å²) in [5.41, 5.74) is 0.663. The second-order valence-corrected chi connectivity index (χ2v) is 9.04. The van der Waals surface area contributed by atoms with Gasteiger partial charge in [0, 0.05) is 12.6 Å². The largest absolute Gasteiger partial charge is 0.484 e. The van der Waals surface area contributed by atoms with Gasteiger partial charge in [0.15, 0.2) is 6.61 Å². The molecule has 0 aliphatic heterocycles. The Kier molecular flexibility index (Phi) is 6.80. The minimum Gasteiger partial charge on any atom is -0.484 e. The predicted molar refractivity (Wildman–Crippen MR) is 94.6 cm³/mol. The van der Waals surface area contributed by atoms with Gasteiger partial charge >= 0.3 is 0 Å². The van der Waals surface area contributed by atoms with Crippen LogP contribution in [-0.2, 0) is 14.8 Å². The molecule has 0 saturated carbocycles. The van der Waals surface area contributed by atoms with E-state index in [2.05, 4.69) is 10.0 Å². The van der Waals surface area contributed by atoms with Crippen molar-refractivity contribution in [2.45, 2.75) is 52.5 Å². The average Bonchev–Trinajstić information content (AvgIpc) is 2.41. The molecule has 6 nitrogen and oxygen atoms in total. The topological polar surface area (TPSA) is 84.5 Å². The minimum atomic E-state index is -3.54. The molecule has 1 rings (SSSR count). The summed E-state index contributed by atoms with van der Waals surface area (Å²) in [7, 11) is -3.54. The van der Waals surface area contributed by atoms with Crippen molar-refractivity contribution in [3.63, 3.8) is 0 Å². The first-order chi connectivity index (χ1) is 10.9. The number of ether oxygens (including phenoxy) is 1. The summed E-state index contributed by atoms with van der Waals surface area (Å²) in [5.74, 6) is 0.284. The van der Waals surface area contributed by atoms with E-state index in [0.29, 0.717) is 17.9 Å². The Morgan fingerprint density at radius 2 is 1.88 bits per heavy atom. The molecule has 0 fully saturated rings. The second-order valence-electron chi connectivity index (χ2n) is 7.33. The van der Waals surface area contributed by atoms with Crippen molar-refractivity contribution in [2.24, 2.45) is 5.41 Å². The highest BCUT2D eigenvalue weighted by molar-refractivity contribution is 7.89. The van der Waals surface area contributed by atoms with Crippen molar-refractivity contribution in [3.05, 3.63) is 23.8 Å². The van der Waals surface area contributed by atoms with Crippen molar-refractivity contribution in [3.8, 4) is 5.75 Å². The number of rotatable bonds is 7. The highest BCUT2D eigenvalue weighted by Gasteiger charge is 2.17. The lowest BCUT2D eigenvalue weighted by molar-refractivity contribution is -0.123. The molecule has 24 heavy (non-hydrogen) atoms. The first kappa shape index (κ1) is 20.4. The van der Waals surface area contributed by atoms with Crippen LogP contribution in [0.2, 0.25) is 0 Å². The SMILES string of the molecule is Cc1cc(S(=O)(=O)NC(C)C)ccc1OCC(=O)NCC(C)(C)C. The molecule has 2 N–H and O–H groups in total. The summed E-state index contributed by atoms with van der Waals surface area (Å²) in [6.07, 6.45) is 0. The van der Waals surface area contributed by atoms with Crippen LogP contribution >= 0.6 is 0 Å². The fourth-order valence-corrected chi connectivity index (χ4v) is 3.22. The Hall–Kier alpha value is -1.60. The van der Waals surface area contributed by atoms with Gasteiger partial charge in [-0.2, -0.15) is 0 Å². The van der Waals surface area contributed by atoms with E-state index < -0.39 is 10.0 Å². The zero-order valence-corrected chi connectivity index (χ0v) is 16.1. The van der Waals surface area contributed by atoms with Crippen molar-refractivity contribution < 1.29 is 17.9 Å². The van der Waals surface area contributed by atoms with Gasteiger partial charge in [0.25, 0.3) is 5.91 Å². The van der Waals surface area contributed by atoms with Gasteiger partial charge in [-0.25, -0.2) is 13.1 Å². The molecular weight excluding hydrogens is 328 g/mol. The van der Waals surface area contributed by atoms with Crippen LogP contribution in [0.1, 0.15) is 40.2 Å². The molecule has 0 aromatic heterocycles. The monoisotopic (exact) mass is 356 g/mol. The third-order valence-corrected chi connectivity index (χ3v) is 4.68. The summed E-state index contributed by atoms with van der Waals surface area (Å²) < 4.78 is 32.3. The van der Waals surface area contributed by atoms with E-state index in [9.17, 15) is 13.2 Å². The maximum Gasteiger partial charge on any atom is 0.257 e. The molecular formula is C17H28N2O4S. The van der Waals surface area contributed by atoms with Gasteiger partial charge < -0.3 is 10.1 Å². The van der Waals surface area contributed by atoms with E-state index in [0.717, 1.165) is 0 Å². The Bertz CT molecular complexity index is 676. The summed E-state index contributed by atoms with van der Waals surface area (Å²) in [5, 5.41) is 2.80. The molecule has 0 unspecified atom stereocenters. The van der Waals surface area contributed by atoms with Crippen molar-refractivity contribution in [1.82, 2.24) is 10.0 Å². The van der Waals surface area contributed by atoms with E-state index in [1.165, 1.54) is 12.1 Å². The normalized spacial score (nSPS) is 12.3.